The number of hydrogen-bond acceptors (Lipinski definition) is 3. The van der Waals surface area contributed by atoms with Crippen molar-refractivity contribution < 1.29 is 13.9 Å². The number of nitrogens with one attached hydrogen (secondary N) is 1. The number of halogens is 2. The van der Waals surface area contributed by atoms with Crippen LogP contribution in [0, 0.1) is 11.7 Å². The zero-order valence-electron chi connectivity index (χ0n) is 14.1. The summed E-state index contributed by atoms with van der Waals surface area (Å²) in [5.74, 6) is 1.69. The van der Waals surface area contributed by atoms with Gasteiger partial charge in [-0.1, -0.05) is 24.3 Å². The van der Waals surface area contributed by atoms with Gasteiger partial charge in [-0.25, -0.2) is 4.39 Å². The van der Waals surface area contributed by atoms with Gasteiger partial charge >= 0.3 is 0 Å². The number of rotatable bonds is 3. The molecule has 0 saturated heterocycles. The Hall–Kier alpha value is -2.01. The maximum absolute atomic E-state index is 14.4. The molecule has 1 N–H and O–H groups in total. The number of hydrogen-bond donors (Lipinski definition) is 1. The van der Waals surface area contributed by atoms with Gasteiger partial charge in [-0.05, 0) is 57.6 Å². The number of benzene rings is 2. The highest BCUT2D eigenvalue weighted by Crippen LogP contribution is 2.51. The van der Waals surface area contributed by atoms with Crippen LogP contribution in [0.5, 0.6) is 11.5 Å². The molecule has 1 aliphatic heterocycles. The molecule has 5 heteroatoms. The van der Waals surface area contributed by atoms with Gasteiger partial charge in [0.2, 0.25) is 0 Å². The van der Waals surface area contributed by atoms with E-state index in [1.54, 1.807) is 20.3 Å². The normalized spacial score (nSPS) is 23.6. The smallest absolute Gasteiger partial charge is 0.174 e. The molecule has 0 radical (unpaired) electrons. The highest BCUT2D eigenvalue weighted by Gasteiger charge is 2.39. The SMILES string of the molecule is COc1cc([C@@H]2Nc3c(F)cccc3[C@H]3C=CC[C@H]32)cc(Br)c1OC. The summed E-state index contributed by atoms with van der Waals surface area (Å²) < 4.78 is 26.1. The van der Waals surface area contributed by atoms with E-state index < -0.39 is 0 Å². The summed E-state index contributed by atoms with van der Waals surface area (Å²) in [5.41, 5.74) is 2.69. The largest absolute Gasteiger partial charge is 0.493 e. The molecule has 25 heavy (non-hydrogen) atoms. The second kappa shape index (κ2) is 6.37. The fraction of sp³-hybridized carbons (Fsp3) is 0.300. The molecule has 0 amide bonds. The van der Waals surface area contributed by atoms with Crippen molar-refractivity contribution in [2.75, 3.05) is 19.5 Å². The Labute approximate surface area is 155 Å². The van der Waals surface area contributed by atoms with E-state index in [9.17, 15) is 4.39 Å². The molecule has 4 rings (SSSR count). The molecule has 2 aromatic rings. The van der Waals surface area contributed by atoms with Crippen LogP contribution >= 0.6 is 15.9 Å². The molecule has 0 saturated carbocycles. The van der Waals surface area contributed by atoms with Crippen LogP contribution in [0.15, 0.2) is 47.0 Å². The third-order valence-electron chi connectivity index (χ3n) is 5.16. The van der Waals surface area contributed by atoms with Gasteiger partial charge in [0.1, 0.15) is 5.82 Å². The Bertz CT molecular complexity index is 852. The Morgan fingerprint density at radius 3 is 2.80 bits per heavy atom. The highest BCUT2D eigenvalue weighted by atomic mass is 79.9. The topological polar surface area (TPSA) is 30.5 Å². The van der Waals surface area contributed by atoms with Crippen LogP contribution in [0.2, 0.25) is 0 Å². The van der Waals surface area contributed by atoms with Crippen LogP contribution in [0.4, 0.5) is 10.1 Å². The molecule has 0 fully saturated rings. The predicted octanol–water partition coefficient (Wildman–Crippen LogP) is 5.43. The van der Waals surface area contributed by atoms with Gasteiger partial charge in [0, 0.05) is 5.92 Å². The molecular formula is C20H19BrFNO2. The van der Waals surface area contributed by atoms with Crippen LogP contribution in [-0.2, 0) is 0 Å². The van der Waals surface area contributed by atoms with E-state index in [1.165, 1.54) is 6.07 Å². The molecule has 0 aromatic heterocycles. The second-order valence-electron chi connectivity index (χ2n) is 6.42. The van der Waals surface area contributed by atoms with Crippen LogP contribution in [-0.4, -0.2) is 14.2 Å². The molecule has 130 valence electrons. The van der Waals surface area contributed by atoms with Crippen LogP contribution < -0.4 is 14.8 Å². The summed E-state index contributed by atoms with van der Waals surface area (Å²) in [4.78, 5) is 0. The molecule has 3 nitrogen and oxygen atoms in total. The molecule has 0 bridgehead atoms. The Morgan fingerprint density at radius 1 is 1.20 bits per heavy atom. The lowest BCUT2D eigenvalue weighted by atomic mass is 9.77. The van der Waals surface area contributed by atoms with Crippen molar-refractivity contribution >= 4 is 21.6 Å². The fourth-order valence-electron chi connectivity index (χ4n) is 4.03. The number of anilines is 1. The number of methoxy groups -OCH3 is 2. The maximum atomic E-state index is 14.4. The minimum Gasteiger partial charge on any atom is -0.493 e. The summed E-state index contributed by atoms with van der Waals surface area (Å²) in [6, 6.07) is 9.31. The van der Waals surface area contributed by atoms with Crippen LogP contribution in [0.25, 0.3) is 0 Å². The number of allylic oxidation sites excluding steroid dienone is 2. The van der Waals surface area contributed by atoms with E-state index in [0.29, 0.717) is 23.1 Å². The lowest BCUT2D eigenvalue weighted by molar-refractivity contribution is 0.351. The number of fused-ring (bicyclic) bond motifs is 3. The van der Waals surface area contributed by atoms with Gasteiger partial charge in [0.25, 0.3) is 0 Å². The minimum absolute atomic E-state index is 0.000469. The van der Waals surface area contributed by atoms with Gasteiger partial charge in [-0.15, -0.1) is 0 Å². The predicted molar refractivity (Wildman–Crippen MR) is 100.0 cm³/mol. The fourth-order valence-corrected chi connectivity index (χ4v) is 4.65. The van der Waals surface area contributed by atoms with Gasteiger partial charge in [-0.2, -0.15) is 0 Å². The van der Waals surface area contributed by atoms with E-state index in [-0.39, 0.29) is 17.8 Å². The van der Waals surface area contributed by atoms with Gasteiger partial charge in [0.05, 0.1) is 30.4 Å². The lowest BCUT2D eigenvalue weighted by Crippen LogP contribution is -2.29. The summed E-state index contributed by atoms with van der Waals surface area (Å²) >= 11 is 3.56. The molecule has 0 unspecified atom stereocenters. The standard InChI is InChI=1S/C20H19BrFNO2/c1-24-17-10-11(9-15(21)20(17)25-2)18-13-6-3-5-12(13)14-7-4-8-16(22)19(14)23-18/h3-5,7-10,12-13,18,23H,6H2,1-2H3/t12-,13+,18-/m0/s1. The van der Waals surface area contributed by atoms with E-state index >= 15 is 0 Å². The molecule has 1 heterocycles. The minimum atomic E-state index is -0.208. The van der Waals surface area contributed by atoms with E-state index in [4.69, 9.17) is 9.47 Å². The molecule has 2 aliphatic rings. The first-order chi connectivity index (χ1) is 12.1. The van der Waals surface area contributed by atoms with Crippen molar-refractivity contribution in [3.63, 3.8) is 0 Å². The Balaban J connectivity index is 1.82. The summed E-state index contributed by atoms with van der Waals surface area (Å²) in [7, 11) is 3.24. The average molecular weight is 404 g/mol. The van der Waals surface area contributed by atoms with Crippen molar-refractivity contribution in [1.82, 2.24) is 0 Å². The molecular weight excluding hydrogens is 385 g/mol. The second-order valence-corrected chi connectivity index (χ2v) is 7.27. The Kier molecular flexibility index (Phi) is 4.20. The lowest BCUT2D eigenvalue weighted by Gasteiger charge is -2.37. The van der Waals surface area contributed by atoms with E-state index in [0.717, 1.165) is 22.0 Å². The third kappa shape index (κ3) is 2.61. The van der Waals surface area contributed by atoms with E-state index in [2.05, 4.69) is 33.4 Å². The first-order valence-corrected chi connectivity index (χ1v) is 9.06. The monoisotopic (exact) mass is 403 g/mol. The van der Waals surface area contributed by atoms with Crippen molar-refractivity contribution in [3.8, 4) is 11.5 Å². The van der Waals surface area contributed by atoms with Gasteiger partial charge in [-0.3, -0.25) is 0 Å². The van der Waals surface area contributed by atoms with Gasteiger partial charge in [0.15, 0.2) is 11.5 Å². The summed E-state index contributed by atoms with van der Waals surface area (Å²) in [5, 5.41) is 3.44. The number of para-hydroxylation sites is 1. The molecule has 1 aliphatic carbocycles. The van der Waals surface area contributed by atoms with Crippen molar-refractivity contribution in [2.24, 2.45) is 5.92 Å². The zero-order valence-corrected chi connectivity index (χ0v) is 15.6. The van der Waals surface area contributed by atoms with Crippen LogP contribution in [0.3, 0.4) is 0 Å². The summed E-state index contributed by atoms with van der Waals surface area (Å²) in [6.45, 7) is 0. The van der Waals surface area contributed by atoms with Crippen molar-refractivity contribution in [2.45, 2.75) is 18.4 Å². The number of ether oxygens (including phenoxy) is 2. The summed E-state index contributed by atoms with van der Waals surface area (Å²) in [6.07, 6.45) is 5.36. The average Bonchev–Trinajstić information content (AvgIpc) is 3.10. The molecule has 0 spiro atoms. The van der Waals surface area contributed by atoms with Crippen LogP contribution in [0.1, 0.15) is 29.5 Å². The maximum Gasteiger partial charge on any atom is 0.174 e. The third-order valence-corrected chi connectivity index (χ3v) is 5.75. The Morgan fingerprint density at radius 2 is 2.04 bits per heavy atom. The zero-order chi connectivity index (χ0) is 17.6. The van der Waals surface area contributed by atoms with Crippen molar-refractivity contribution in [3.05, 3.63) is 63.9 Å². The quantitative estimate of drug-likeness (QED) is 0.692. The molecule has 2 aromatic carbocycles. The highest BCUT2D eigenvalue weighted by molar-refractivity contribution is 9.10. The first-order valence-electron chi connectivity index (χ1n) is 8.27. The van der Waals surface area contributed by atoms with Crippen molar-refractivity contribution in [1.29, 1.82) is 0 Å². The van der Waals surface area contributed by atoms with Gasteiger partial charge < -0.3 is 14.8 Å². The van der Waals surface area contributed by atoms with E-state index in [1.807, 2.05) is 18.2 Å². The molecule has 3 atom stereocenters. The first kappa shape index (κ1) is 16.5.